The van der Waals surface area contributed by atoms with Crippen LogP contribution in [-0.4, -0.2) is 29.9 Å². The predicted octanol–water partition coefficient (Wildman–Crippen LogP) is 32.6. The molecule has 0 fully saturated rings. The Hall–Kier alpha value is -16.3. The van der Waals surface area contributed by atoms with Gasteiger partial charge in [-0.25, -0.2) is 24.9 Å². The maximum Gasteiger partial charge on any atom is 0.159 e. The largest absolute Gasteiger partial charge is 0.265 e. The van der Waals surface area contributed by atoms with E-state index in [1.807, 2.05) is 18.5 Å². The lowest BCUT2D eigenvalue weighted by atomic mass is 9.78. The molecule has 0 aliphatic heterocycles. The number of nitrogens with zero attached hydrogens (tertiary/aromatic N) is 6. The molecule has 5 aromatic heterocycles. The number of para-hydroxylation sites is 3. The van der Waals surface area contributed by atoms with Crippen molar-refractivity contribution < 1.29 is 0 Å². The molecule has 26 rings (SSSR count). The molecular formula is C125H88N6. The Morgan fingerprint density at radius 3 is 0.824 bits per heavy atom. The molecule has 0 saturated heterocycles. The van der Waals surface area contributed by atoms with Gasteiger partial charge in [0.05, 0.1) is 33.6 Å². The molecule has 0 N–H and O–H groups in total. The molecule has 3 aliphatic carbocycles. The smallest absolute Gasteiger partial charge is 0.159 e. The van der Waals surface area contributed by atoms with Crippen molar-refractivity contribution in [1.29, 1.82) is 0 Å². The highest BCUT2D eigenvalue weighted by Crippen LogP contribution is 2.58. The van der Waals surface area contributed by atoms with Crippen LogP contribution in [0, 0.1) is 0 Å². The summed E-state index contributed by atoms with van der Waals surface area (Å²) in [5.41, 5.74) is 38.5. The summed E-state index contributed by atoms with van der Waals surface area (Å²) >= 11 is 0. The van der Waals surface area contributed by atoms with Gasteiger partial charge in [-0.15, -0.1) is 0 Å². The van der Waals surface area contributed by atoms with Crippen LogP contribution in [-0.2, 0) is 16.2 Å². The van der Waals surface area contributed by atoms with Gasteiger partial charge in [0.2, 0.25) is 0 Å². The van der Waals surface area contributed by atoms with Gasteiger partial charge in [-0.1, -0.05) is 393 Å². The number of rotatable bonds is 9. The normalized spacial score (nSPS) is 13.3. The minimum absolute atomic E-state index is 0.143. The van der Waals surface area contributed by atoms with Crippen molar-refractivity contribution in [1.82, 2.24) is 29.9 Å². The van der Waals surface area contributed by atoms with Crippen LogP contribution in [0.15, 0.2) is 425 Å². The van der Waals surface area contributed by atoms with E-state index in [0.29, 0.717) is 0 Å². The third kappa shape index (κ3) is 12.7. The van der Waals surface area contributed by atoms with Crippen LogP contribution in [0.2, 0.25) is 0 Å². The first-order chi connectivity index (χ1) is 64.3. The second kappa shape index (κ2) is 31.0. The molecule has 6 heteroatoms. The molecule has 3 aliphatic rings. The first-order valence-electron chi connectivity index (χ1n) is 45.4. The van der Waals surface area contributed by atoms with Gasteiger partial charge in [0.15, 0.2) is 5.82 Å². The molecule has 0 radical (unpaired) electrons. The zero-order chi connectivity index (χ0) is 87.8. The van der Waals surface area contributed by atoms with Gasteiger partial charge in [-0.3, -0.25) is 4.98 Å². The van der Waals surface area contributed by atoms with E-state index in [4.69, 9.17) is 15.0 Å². The fraction of sp³-hybridized carbons (Fsp3) is 0.0720. The maximum absolute atomic E-state index is 5.25. The quantitative estimate of drug-likeness (QED) is 0.134. The summed E-state index contributed by atoms with van der Waals surface area (Å²) in [6.45, 7) is 14.0. The second-order valence-corrected chi connectivity index (χ2v) is 36.5. The Morgan fingerprint density at radius 1 is 0.183 bits per heavy atom. The van der Waals surface area contributed by atoms with E-state index < -0.39 is 0 Å². The number of fused-ring (bicyclic) bond motifs is 18. The average molecular weight is 1670 g/mol. The van der Waals surface area contributed by atoms with Gasteiger partial charge < -0.3 is 0 Å². The van der Waals surface area contributed by atoms with Crippen molar-refractivity contribution >= 4 is 86.6 Å². The van der Waals surface area contributed by atoms with E-state index in [9.17, 15) is 0 Å². The molecule has 0 unspecified atom stereocenters. The molecule has 0 bridgehead atoms. The van der Waals surface area contributed by atoms with E-state index >= 15 is 0 Å². The minimum atomic E-state index is -0.157. The molecular weight excluding hydrogens is 1590 g/mol. The molecule has 18 aromatic carbocycles. The second-order valence-electron chi connectivity index (χ2n) is 36.5. The summed E-state index contributed by atoms with van der Waals surface area (Å²) in [7, 11) is 0. The van der Waals surface area contributed by atoms with Gasteiger partial charge in [0.25, 0.3) is 0 Å². The van der Waals surface area contributed by atoms with Gasteiger partial charge in [0, 0.05) is 79.4 Å². The van der Waals surface area contributed by atoms with Crippen LogP contribution in [0.25, 0.3) is 221 Å². The van der Waals surface area contributed by atoms with Gasteiger partial charge in [0.1, 0.15) is 0 Å². The number of pyridine rings is 4. The van der Waals surface area contributed by atoms with E-state index in [1.165, 1.54) is 204 Å². The van der Waals surface area contributed by atoms with Crippen LogP contribution >= 0.6 is 0 Å². The minimum Gasteiger partial charge on any atom is -0.265 e. The van der Waals surface area contributed by atoms with Gasteiger partial charge in [-0.2, -0.15) is 0 Å². The third-order valence-electron chi connectivity index (χ3n) is 28.2. The fourth-order valence-electron chi connectivity index (χ4n) is 22.1. The Kier molecular flexibility index (Phi) is 18.5. The lowest BCUT2D eigenvalue weighted by molar-refractivity contribution is 0.661. The lowest BCUT2D eigenvalue weighted by Crippen LogP contribution is -2.16. The fourth-order valence-corrected chi connectivity index (χ4v) is 22.1. The zero-order valence-corrected chi connectivity index (χ0v) is 73.6. The van der Waals surface area contributed by atoms with Crippen molar-refractivity contribution in [2.45, 2.75) is 57.8 Å². The SMILES string of the molecule is CC1(C)c2ccccc2-c2nc3ccccc3c(-c3ccc(-c4ccc(-c5cc6ccccc6c6ccccc56)c5ccccc45)cc3)c21.CC1(C)c2ccccc2-c2nc3ccccc3c(-c3ccc(-c4ccc(-c5ccncc5)c5ccccc45)cc3)c21.CC1(C)c2ccccc2-c2nc3ccccc3c(-c3ccc(-c4ccc(-c5ncccn5)c5ccccc45)cc3)c21. The van der Waals surface area contributed by atoms with Crippen molar-refractivity contribution in [3.8, 4) is 134 Å². The first kappa shape index (κ1) is 78.2. The van der Waals surface area contributed by atoms with Crippen LogP contribution in [0.5, 0.6) is 0 Å². The van der Waals surface area contributed by atoms with E-state index in [-0.39, 0.29) is 16.2 Å². The summed E-state index contributed by atoms with van der Waals surface area (Å²) in [5.74, 6) is 0.743. The summed E-state index contributed by atoms with van der Waals surface area (Å²) in [6, 6.07) is 145. The summed E-state index contributed by atoms with van der Waals surface area (Å²) < 4.78 is 0. The molecule has 5 heterocycles. The highest BCUT2D eigenvalue weighted by Gasteiger charge is 2.43. The van der Waals surface area contributed by atoms with E-state index in [2.05, 4.69) is 451 Å². The van der Waals surface area contributed by atoms with Crippen molar-refractivity contribution in [2.24, 2.45) is 0 Å². The highest BCUT2D eigenvalue weighted by molar-refractivity contribution is 6.18. The monoisotopic (exact) mass is 1670 g/mol. The average Bonchev–Trinajstić information content (AvgIpc) is 1.56. The van der Waals surface area contributed by atoms with E-state index in [1.54, 1.807) is 12.4 Å². The summed E-state index contributed by atoms with van der Waals surface area (Å²) in [6.07, 6.45) is 7.30. The Balaban J connectivity index is 0.000000109. The highest BCUT2D eigenvalue weighted by atomic mass is 14.9. The van der Waals surface area contributed by atoms with Crippen molar-refractivity contribution in [3.05, 3.63) is 459 Å². The van der Waals surface area contributed by atoms with Gasteiger partial charge >= 0.3 is 0 Å². The number of hydrogen-bond acceptors (Lipinski definition) is 6. The summed E-state index contributed by atoms with van der Waals surface area (Å²) in [4.78, 5) is 28.9. The Labute approximate surface area is 761 Å². The van der Waals surface area contributed by atoms with Crippen LogP contribution < -0.4 is 0 Å². The van der Waals surface area contributed by atoms with E-state index in [0.717, 1.165) is 50.4 Å². The van der Waals surface area contributed by atoms with Crippen LogP contribution in [0.3, 0.4) is 0 Å². The third-order valence-corrected chi connectivity index (χ3v) is 28.2. The summed E-state index contributed by atoms with van der Waals surface area (Å²) in [5, 5.41) is 16.1. The molecule has 0 saturated carbocycles. The molecule has 618 valence electrons. The Morgan fingerprint density at radius 2 is 0.450 bits per heavy atom. The molecule has 0 amide bonds. The molecule has 0 atom stereocenters. The number of benzene rings is 18. The topological polar surface area (TPSA) is 77.3 Å². The molecule has 23 aromatic rings. The Bertz CT molecular complexity index is 8280. The molecule has 0 spiro atoms. The van der Waals surface area contributed by atoms with Crippen molar-refractivity contribution in [3.63, 3.8) is 0 Å². The standard InChI is InChI=1S/C48H33N.C39H28N2.C38H27N3/c1-48(2)43-21-11-9-19-40(43)47-46(48)45(41-20-10-12-22-44(41)49-47)31-25-23-30(24-26-31)34-27-28-39(37-17-7-5-16-36(34)37)42-29-32-13-3-4-14-33(32)35-15-6-8-18-38(35)42;1-39(2)34-13-7-5-11-32(34)38-37(39)36(33-12-6-8-14-35(33)41-38)27-17-15-25(16-18-27)28-19-20-29(26-21-23-40-24-22-26)31-10-4-3-9-30(28)31;1-38(2)32-14-7-5-12-30(32)36-35(38)34(31-13-6-8-15-33(31)41-36)25-18-16-24(17-19-25)26-20-21-29(37-39-22-9-23-40-37)28-11-4-3-10-27(26)28/h3-29H,1-2H3;3-24H,1-2H3;3-23H,1-2H3. The zero-order valence-electron chi connectivity index (χ0n) is 73.6. The number of hydrogen-bond donors (Lipinski definition) is 0. The molecule has 6 nitrogen and oxygen atoms in total. The van der Waals surface area contributed by atoms with Crippen LogP contribution in [0.1, 0.15) is 74.9 Å². The van der Waals surface area contributed by atoms with Crippen LogP contribution in [0.4, 0.5) is 0 Å². The number of aromatic nitrogens is 6. The maximum atomic E-state index is 5.25. The van der Waals surface area contributed by atoms with Gasteiger partial charge in [-0.05, 0) is 225 Å². The lowest BCUT2D eigenvalue weighted by Gasteiger charge is -2.25. The molecule has 131 heavy (non-hydrogen) atoms. The predicted molar refractivity (Wildman–Crippen MR) is 548 cm³/mol. The first-order valence-corrected chi connectivity index (χ1v) is 45.4. The van der Waals surface area contributed by atoms with Crippen molar-refractivity contribution in [2.75, 3.05) is 0 Å².